The van der Waals surface area contributed by atoms with Crippen molar-refractivity contribution in [2.45, 2.75) is 39.7 Å². The monoisotopic (exact) mass is 458 g/mol. The Balaban J connectivity index is 0.000000968. The molecule has 2 N–H and O–H groups in total. The number of amides is 2. The van der Waals surface area contributed by atoms with Crippen molar-refractivity contribution in [2.75, 3.05) is 19.6 Å². The number of aryl methyl sites for hydroxylation is 3. The molecule has 0 spiro atoms. The van der Waals surface area contributed by atoms with Gasteiger partial charge in [0.25, 0.3) is 12.4 Å². The van der Waals surface area contributed by atoms with Crippen molar-refractivity contribution in [3.63, 3.8) is 0 Å². The predicted molar refractivity (Wildman–Crippen MR) is 119 cm³/mol. The zero-order chi connectivity index (χ0) is 24.0. The van der Waals surface area contributed by atoms with E-state index in [9.17, 15) is 14.4 Å². The zero-order valence-corrected chi connectivity index (χ0v) is 18.9. The van der Waals surface area contributed by atoms with Crippen molar-refractivity contribution in [2.24, 2.45) is 17.8 Å². The van der Waals surface area contributed by atoms with Crippen LogP contribution in [0.4, 0.5) is 0 Å². The summed E-state index contributed by atoms with van der Waals surface area (Å²) in [5, 5.41) is 9.94. The Bertz CT molecular complexity index is 1010. The summed E-state index contributed by atoms with van der Waals surface area (Å²) in [5.74, 6) is 1.01. The molecule has 178 valence electrons. The van der Waals surface area contributed by atoms with E-state index in [2.05, 4.69) is 10.3 Å². The van der Waals surface area contributed by atoms with E-state index in [0.29, 0.717) is 42.4 Å². The highest BCUT2D eigenvalue weighted by molar-refractivity contribution is 5.96. The van der Waals surface area contributed by atoms with E-state index in [-0.39, 0.29) is 30.1 Å². The average Bonchev–Trinajstić information content (AvgIpc) is 3.25. The van der Waals surface area contributed by atoms with Gasteiger partial charge in [0.2, 0.25) is 5.91 Å². The number of fused-ring (bicyclic) bond motifs is 1. The maximum Gasteiger partial charge on any atom is 0.336 e. The number of carboxylic acid groups (broad SMARTS) is 1. The molecule has 3 atom stereocenters. The lowest BCUT2D eigenvalue weighted by atomic mass is 9.61. The summed E-state index contributed by atoms with van der Waals surface area (Å²) in [6.07, 6.45) is 8.09. The van der Waals surface area contributed by atoms with Crippen molar-refractivity contribution in [3.8, 4) is 0 Å². The number of carbonyl (C=O) groups excluding carboxylic acids is 2. The first-order valence-electron chi connectivity index (χ1n) is 11.1. The van der Waals surface area contributed by atoms with E-state index >= 15 is 0 Å². The summed E-state index contributed by atoms with van der Waals surface area (Å²) in [6.45, 7) is 5.87. The second-order valence-corrected chi connectivity index (χ2v) is 8.54. The van der Waals surface area contributed by atoms with Crippen molar-refractivity contribution in [1.82, 2.24) is 19.8 Å². The van der Waals surface area contributed by atoms with Gasteiger partial charge in [0.15, 0.2) is 0 Å². The molecule has 1 aliphatic heterocycles. The lowest BCUT2D eigenvalue weighted by Crippen LogP contribution is -2.56. The number of aromatic nitrogens is 2. The molecule has 0 radical (unpaired) electrons. The summed E-state index contributed by atoms with van der Waals surface area (Å²) in [4.78, 5) is 51.4. The highest BCUT2D eigenvalue weighted by atomic mass is 16.4. The maximum atomic E-state index is 13.1. The molecule has 2 aliphatic rings. The fourth-order valence-corrected chi connectivity index (χ4v) is 4.83. The number of likely N-dealkylation sites (tertiary alicyclic amines) is 1. The van der Waals surface area contributed by atoms with Gasteiger partial charge in [0.1, 0.15) is 5.76 Å². The van der Waals surface area contributed by atoms with Gasteiger partial charge >= 0.3 is 5.63 Å². The van der Waals surface area contributed by atoms with Gasteiger partial charge in [-0.05, 0) is 50.5 Å². The second-order valence-electron chi connectivity index (χ2n) is 8.54. The van der Waals surface area contributed by atoms with Gasteiger partial charge in [-0.1, -0.05) is 0 Å². The highest BCUT2D eigenvalue weighted by Crippen LogP contribution is 2.46. The van der Waals surface area contributed by atoms with Crippen LogP contribution in [0.3, 0.4) is 0 Å². The van der Waals surface area contributed by atoms with Gasteiger partial charge in [-0.3, -0.25) is 14.4 Å². The number of hydrogen-bond acceptors (Lipinski definition) is 6. The Kier molecular flexibility index (Phi) is 8.02. The van der Waals surface area contributed by atoms with Gasteiger partial charge in [0, 0.05) is 50.6 Å². The predicted octanol–water partition coefficient (Wildman–Crippen LogP) is 1.46. The van der Waals surface area contributed by atoms with E-state index < -0.39 is 5.63 Å². The molecule has 2 aromatic rings. The lowest BCUT2D eigenvalue weighted by Gasteiger charge is -2.50. The molecule has 10 nitrogen and oxygen atoms in total. The number of hydrogen-bond donors (Lipinski definition) is 2. The molecular formula is C23H30N4O6. The number of imidazole rings is 1. The molecule has 3 heterocycles. The Morgan fingerprint density at radius 3 is 2.79 bits per heavy atom. The first-order valence-corrected chi connectivity index (χ1v) is 11.1. The summed E-state index contributed by atoms with van der Waals surface area (Å²) < 4.78 is 7.12. The van der Waals surface area contributed by atoms with Crippen LogP contribution < -0.4 is 10.9 Å². The average molecular weight is 459 g/mol. The molecule has 0 aromatic carbocycles. The largest absolute Gasteiger partial charge is 0.483 e. The third kappa shape index (κ3) is 5.68. The van der Waals surface area contributed by atoms with Gasteiger partial charge in [-0.15, -0.1) is 0 Å². The van der Waals surface area contributed by atoms with Crippen LogP contribution in [-0.4, -0.2) is 57.5 Å². The molecule has 0 bridgehead atoms. The topological polar surface area (TPSA) is 135 Å². The minimum atomic E-state index is -0.441. The summed E-state index contributed by atoms with van der Waals surface area (Å²) >= 11 is 0. The van der Waals surface area contributed by atoms with Crippen LogP contribution in [0.2, 0.25) is 0 Å². The minimum Gasteiger partial charge on any atom is -0.483 e. The van der Waals surface area contributed by atoms with Gasteiger partial charge in [0.05, 0.1) is 11.9 Å². The van der Waals surface area contributed by atoms with Crippen LogP contribution >= 0.6 is 0 Å². The number of piperidine rings is 1. The summed E-state index contributed by atoms with van der Waals surface area (Å²) in [7, 11) is 0. The third-order valence-electron chi connectivity index (χ3n) is 6.50. The second kappa shape index (κ2) is 10.9. The van der Waals surface area contributed by atoms with E-state index in [1.165, 1.54) is 6.07 Å². The molecule has 2 fully saturated rings. The molecule has 33 heavy (non-hydrogen) atoms. The molecule has 4 rings (SSSR count). The standard InChI is InChI=1S/C22H28N4O4.CH2O2/c1-14-10-19(27)30-15(2)20(14)22(29)26-8-4-16-11-17(18(16)12-26)21(28)24-5-3-7-25-9-6-23-13-25;2-1-3/h6,9-10,13,16-18H,3-5,7-8,11-12H2,1-2H3,(H,24,28);1H,(H,2,3)/t16-,17-,18-;/m1./s1. The smallest absolute Gasteiger partial charge is 0.336 e. The van der Waals surface area contributed by atoms with Crippen LogP contribution in [0, 0.1) is 31.6 Å². The van der Waals surface area contributed by atoms with Crippen molar-refractivity contribution >= 4 is 18.3 Å². The van der Waals surface area contributed by atoms with Gasteiger partial charge in [-0.2, -0.15) is 0 Å². The fourth-order valence-electron chi connectivity index (χ4n) is 4.83. The van der Waals surface area contributed by atoms with E-state index in [1.54, 1.807) is 26.4 Å². The number of nitrogens with one attached hydrogen (secondary N) is 1. The van der Waals surface area contributed by atoms with Crippen molar-refractivity contribution < 1.29 is 23.9 Å². The quantitative estimate of drug-likeness (QED) is 0.494. The number of nitrogens with zero attached hydrogens (tertiary/aromatic N) is 3. The molecule has 0 unspecified atom stereocenters. The lowest BCUT2D eigenvalue weighted by molar-refractivity contribution is -0.136. The molecule has 2 amide bonds. The van der Waals surface area contributed by atoms with Crippen LogP contribution in [0.25, 0.3) is 0 Å². The third-order valence-corrected chi connectivity index (χ3v) is 6.50. The van der Waals surface area contributed by atoms with E-state index in [1.807, 2.05) is 15.7 Å². The molecule has 1 saturated carbocycles. The molecule has 10 heteroatoms. The Morgan fingerprint density at radius 1 is 1.36 bits per heavy atom. The first-order chi connectivity index (χ1) is 15.8. The van der Waals surface area contributed by atoms with Gasteiger partial charge in [-0.25, -0.2) is 9.78 Å². The SMILES string of the molecule is Cc1cc(=O)oc(C)c1C(=O)N1CC[C@@H]2C[C@@H](C(=O)NCCCn3ccnc3)[C@@H]2C1.O=CO. The van der Waals surface area contributed by atoms with Crippen LogP contribution in [-0.2, 0) is 16.1 Å². The van der Waals surface area contributed by atoms with Gasteiger partial charge < -0.3 is 24.3 Å². The van der Waals surface area contributed by atoms with Crippen LogP contribution in [0.15, 0.2) is 34.0 Å². The Hall–Kier alpha value is -3.43. The van der Waals surface area contributed by atoms with Crippen LogP contribution in [0.1, 0.15) is 40.9 Å². The Labute approximate surface area is 191 Å². The number of carbonyl (C=O) groups is 3. The van der Waals surface area contributed by atoms with Crippen LogP contribution in [0.5, 0.6) is 0 Å². The highest BCUT2D eigenvalue weighted by Gasteiger charge is 2.48. The molecular weight excluding hydrogens is 428 g/mol. The minimum absolute atomic E-state index is 0.0326. The van der Waals surface area contributed by atoms with E-state index in [0.717, 1.165) is 25.8 Å². The zero-order valence-electron chi connectivity index (χ0n) is 18.9. The number of rotatable bonds is 6. The molecule has 1 saturated heterocycles. The van der Waals surface area contributed by atoms with E-state index in [4.69, 9.17) is 14.3 Å². The maximum absolute atomic E-state index is 13.1. The fraction of sp³-hybridized carbons (Fsp3) is 0.522. The van der Waals surface area contributed by atoms with Crippen molar-refractivity contribution in [3.05, 3.63) is 52.1 Å². The summed E-state index contributed by atoms with van der Waals surface area (Å²) in [6, 6.07) is 1.36. The molecule has 1 aliphatic carbocycles. The normalized spacial score (nSPS) is 21.2. The van der Waals surface area contributed by atoms with Crippen molar-refractivity contribution in [1.29, 1.82) is 0 Å². The first kappa shape index (κ1) is 24.2. The Morgan fingerprint density at radius 2 is 2.12 bits per heavy atom. The molecule has 2 aromatic heterocycles. The summed E-state index contributed by atoms with van der Waals surface area (Å²) in [5.41, 5.74) is 0.661.